The van der Waals surface area contributed by atoms with Gasteiger partial charge in [0.1, 0.15) is 11.6 Å². The molecule has 8 nitrogen and oxygen atoms in total. The van der Waals surface area contributed by atoms with Crippen LogP contribution in [-0.2, 0) is 10.5 Å². The van der Waals surface area contributed by atoms with Crippen LogP contribution in [0.4, 0.5) is 5.82 Å². The predicted octanol–water partition coefficient (Wildman–Crippen LogP) is 3.29. The van der Waals surface area contributed by atoms with Crippen LogP contribution in [-0.4, -0.2) is 58.9 Å². The molecule has 0 atom stereocenters. The number of hydrogen-bond donors (Lipinski definition) is 1. The smallest absolute Gasteiger partial charge is 0.287 e. The third-order valence-electron chi connectivity index (χ3n) is 5.00. The number of carbonyl (C=O) groups excluding carboxylic acids is 2. The van der Waals surface area contributed by atoms with E-state index in [0.29, 0.717) is 35.5 Å². The van der Waals surface area contributed by atoms with Gasteiger partial charge >= 0.3 is 0 Å². The lowest BCUT2D eigenvalue weighted by molar-refractivity contribution is -0.129. The molecule has 0 aromatic carbocycles. The van der Waals surface area contributed by atoms with Crippen molar-refractivity contribution in [3.8, 4) is 0 Å². The Hall–Kier alpha value is -2.55. The first-order valence-corrected chi connectivity index (χ1v) is 11.6. The molecule has 2 amide bonds. The highest BCUT2D eigenvalue weighted by Gasteiger charge is 2.21. The first-order chi connectivity index (χ1) is 14.7. The van der Waals surface area contributed by atoms with E-state index in [0.717, 1.165) is 24.6 Å². The molecule has 2 aromatic rings. The molecule has 168 valence electrons. The fourth-order valence-electron chi connectivity index (χ4n) is 3.25. The van der Waals surface area contributed by atoms with Crippen molar-refractivity contribution in [3.05, 3.63) is 35.4 Å². The van der Waals surface area contributed by atoms with Crippen LogP contribution in [0.15, 0.2) is 27.8 Å². The molecule has 1 aliphatic heterocycles. The van der Waals surface area contributed by atoms with E-state index in [2.05, 4.69) is 24.1 Å². The van der Waals surface area contributed by atoms with Gasteiger partial charge in [-0.2, -0.15) is 0 Å². The highest BCUT2D eigenvalue weighted by molar-refractivity contribution is 7.98. The highest BCUT2D eigenvalue weighted by Crippen LogP contribution is 2.27. The molecule has 1 fully saturated rings. The number of rotatable bonds is 7. The molecule has 0 spiro atoms. The topological polar surface area (TPSA) is 91.6 Å². The number of anilines is 1. The van der Waals surface area contributed by atoms with E-state index in [-0.39, 0.29) is 23.8 Å². The lowest BCUT2D eigenvalue weighted by Crippen LogP contribution is -2.48. The summed E-state index contributed by atoms with van der Waals surface area (Å²) in [6.07, 6.45) is 0. The zero-order chi connectivity index (χ0) is 22.5. The summed E-state index contributed by atoms with van der Waals surface area (Å²) < 4.78 is 5.69. The van der Waals surface area contributed by atoms with Gasteiger partial charge in [0.05, 0.1) is 5.75 Å². The van der Waals surface area contributed by atoms with E-state index in [1.165, 1.54) is 11.8 Å². The van der Waals surface area contributed by atoms with Crippen LogP contribution in [0, 0.1) is 0 Å². The fourth-order valence-corrected chi connectivity index (χ4v) is 4.00. The van der Waals surface area contributed by atoms with Gasteiger partial charge in [-0.05, 0) is 31.9 Å². The number of furan rings is 1. The summed E-state index contributed by atoms with van der Waals surface area (Å²) in [7, 11) is 0. The van der Waals surface area contributed by atoms with Gasteiger partial charge < -0.3 is 19.5 Å². The molecule has 3 rings (SSSR count). The van der Waals surface area contributed by atoms with Gasteiger partial charge in [-0.25, -0.2) is 9.97 Å². The monoisotopic (exact) mass is 445 g/mol. The Balaban J connectivity index is 1.69. The zero-order valence-electron chi connectivity index (χ0n) is 18.8. The van der Waals surface area contributed by atoms with E-state index in [4.69, 9.17) is 14.4 Å². The van der Waals surface area contributed by atoms with Gasteiger partial charge in [0.25, 0.3) is 5.91 Å². The Morgan fingerprint density at radius 1 is 1.13 bits per heavy atom. The molecular formula is C22H31N5O3S. The molecule has 0 radical (unpaired) electrons. The van der Waals surface area contributed by atoms with Crippen molar-refractivity contribution in [2.24, 2.45) is 0 Å². The summed E-state index contributed by atoms with van der Waals surface area (Å²) in [5, 5.41) is 3.51. The number of aromatic nitrogens is 2. The maximum atomic E-state index is 12.1. The first kappa shape index (κ1) is 23.1. The van der Waals surface area contributed by atoms with Gasteiger partial charge in [0, 0.05) is 50.9 Å². The lowest BCUT2D eigenvalue weighted by Gasteiger charge is -2.35. The molecule has 31 heavy (non-hydrogen) atoms. The van der Waals surface area contributed by atoms with Crippen LogP contribution in [0.25, 0.3) is 0 Å². The predicted molar refractivity (Wildman–Crippen MR) is 121 cm³/mol. The third kappa shape index (κ3) is 6.22. The molecule has 3 heterocycles. The van der Waals surface area contributed by atoms with Gasteiger partial charge in [-0.15, -0.1) is 0 Å². The van der Waals surface area contributed by atoms with E-state index in [9.17, 15) is 9.59 Å². The van der Waals surface area contributed by atoms with E-state index in [1.54, 1.807) is 13.0 Å². The summed E-state index contributed by atoms with van der Waals surface area (Å²) in [5.41, 5.74) is 0.984. The molecule has 0 unspecified atom stereocenters. The van der Waals surface area contributed by atoms with Crippen LogP contribution in [0.1, 0.15) is 62.5 Å². The minimum atomic E-state index is -0.212. The Morgan fingerprint density at radius 3 is 2.45 bits per heavy atom. The average Bonchev–Trinajstić information content (AvgIpc) is 3.21. The molecule has 1 saturated heterocycles. The molecule has 2 aromatic heterocycles. The number of thioether (sulfide) groups is 1. The van der Waals surface area contributed by atoms with Gasteiger partial charge in [0.2, 0.25) is 5.91 Å². The molecular weight excluding hydrogens is 414 g/mol. The number of nitrogens with zero attached hydrogens (tertiary/aromatic N) is 4. The fraction of sp³-hybridized carbons (Fsp3) is 0.545. The number of piperazine rings is 1. The summed E-state index contributed by atoms with van der Waals surface area (Å²) in [6.45, 7) is 12.6. The van der Waals surface area contributed by atoms with Crippen molar-refractivity contribution in [3.63, 3.8) is 0 Å². The second kappa shape index (κ2) is 10.2. The number of carbonyl (C=O) groups is 2. The molecule has 0 aliphatic carbocycles. The minimum Gasteiger partial charge on any atom is -0.455 e. The van der Waals surface area contributed by atoms with Crippen LogP contribution < -0.4 is 10.2 Å². The van der Waals surface area contributed by atoms with Crippen molar-refractivity contribution >= 4 is 29.4 Å². The molecule has 0 bridgehead atoms. The van der Waals surface area contributed by atoms with Gasteiger partial charge in [0.15, 0.2) is 10.9 Å². The van der Waals surface area contributed by atoms with E-state index < -0.39 is 0 Å². The van der Waals surface area contributed by atoms with Crippen molar-refractivity contribution in [1.82, 2.24) is 20.2 Å². The lowest BCUT2D eigenvalue weighted by atomic mass is 10.1. The first-order valence-electron chi connectivity index (χ1n) is 10.6. The van der Waals surface area contributed by atoms with E-state index >= 15 is 0 Å². The third-order valence-corrected chi connectivity index (χ3v) is 5.87. The van der Waals surface area contributed by atoms with Crippen molar-refractivity contribution in [1.29, 1.82) is 0 Å². The molecule has 0 saturated carbocycles. The Morgan fingerprint density at radius 2 is 1.84 bits per heavy atom. The van der Waals surface area contributed by atoms with Crippen molar-refractivity contribution in [2.75, 3.05) is 31.1 Å². The van der Waals surface area contributed by atoms with Crippen LogP contribution in [0.5, 0.6) is 0 Å². The largest absolute Gasteiger partial charge is 0.455 e. The number of nitrogens with one attached hydrogen (secondary N) is 1. The Kier molecular flexibility index (Phi) is 7.59. The Bertz CT molecular complexity index is 920. The van der Waals surface area contributed by atoms with E-state index in [1.807, 2.05) is 30.9 Å². The second-order valence-corrected chi connectivity index (χ2v) is 9.21. The Labute approximate surface area is 187 Å². The van der Waals surface area contributed by atoms with Gasteiger partial charge in [-0.1, -0.05) is 25.6 Å². The normalized spacial score (nSPS) is 14.4. The zero-order valence-corrected chi connectivity index (χ0v) is 19.7. The van der Waals surface area contributed by atoms with Crippen LogP contribution in [0.3, 0.4) is 0 Å². The molecule has 1 N–H and O–H groups in total. The van der Waals surface area contributed by atoms with Crippen molar-refractivity contribution < 1.29 is 14.0 Å². The summed E-state index contributed by atoms with van der Waals surface area (Å²) in [6, 6.07) is 5.60. The summed E-state index contributed by atoms with van der Waals surface area (Å²) in [5.74, 6) is 2.61. The van der Waals surface area contributed by atoms with Crippen LogP contribution in [0.2, 0.25) is 0 Å². The number of amides is 2. The van der Waals surface area contributed by atoms with Gasteiger partial charge in [-0.3, -0.25) is 9.59 Å². The highest BCUT2D eigenvalue weighted by atomic mass is 32.2. The average molecular weight is 446 g/mol. The second-order valence-electron chi connectivity index (χ2n) is 8.26. The standard InChI is InChI=1S/C22H31N5O3S/c1-14(2)18-12-20(27-10-8-26(9-11-27)16(5)28)25-22(24-18)31-13-17-6-7-19(30-17)21(29)23-15(3)4/h6-7,12,14-15H,8-11,13H2,1-5H3,(H,23,29). The minimum absolute atomic E-state index is 0.0540. The molecule has 9 heteroatoms. The quantitative estimate of drug-likeness (QED) is 0.516. The SMILES string of the molecule is CC(=O)N1CCN(c2cc(C(C)C)nc(SCc3ccc(C(=O)NC(C)C)o3)n2)CC1. The van der Waals surface area contributed by atoms with Crippen molar-refractivity contribution in [2.45, 2.75) is 57.5 Å². The maximum Gasteiger partial charge on any atom is 0.287 e. The molecule has 1 aliphatic rings. The summed E-state index contributed by atoms with van der Waals surface area (Å²) >= 11 is 1.49. The van der Waals surface area contributed by atoms with Crippen LogP contribution >= 0.6 is 11.8 Å². The summed E-state index contributed by atoms with van der Waals surface area (Å²) in [4.78, 5) is 37.2. The number of hydrogen-bond acceptors (Lipinski definition) is 7. The maximum absolute atomic E-state index is 12.1.